The molecule has 2 fully saturated rings. The number of hydrazone groups is 1. The largest absolute Gasteiger partial charge is 0.381 e. The van der Waals surface area contributed by atoms with Crippen LogP contribution in [0.1, 0.15) is 38.5 Å². The minimum absolute atomic E-state index is 0.00730. The van der Waals surface area contributed by atoms with E-state index in [1.807, 2.05) is 6.21 Å². The molecule has 0 spiro atoms. The van der Waals surface area contributed by atoms with E-state index in [1.54, 1.807) is 21.3 Å². The number of amides is 1. The molecule has 0 aromatic heterocycles. The molecule has 138 valence electrons. The Morgan fingerprint density at radius 2 is 1.67 bits per heavy atom. The Kier molecular flexibility index (Phi) is 8.13. The number of hydrogen-bond acceptors (Lipinski definition) is 5. The number of rotatable bonds is 6. The molecule has 6 unspecified atom stereocenters. The molecule has 0 bridgehead atoms. The Bertz CT molecular complexity index is 435. The van der Waals surface area contributed by atoms with E-state index < -0.39 is 0 Å². The zero-order valence-corrected chi connectivity index (χ0v) is 16.3. The van der Waals surface area contributed by atoms with Crippen molar-refractivity contribution in [2.45, 2.75) is 61.7 Å². The van der Waals surface area contributed by atoms with Gasteiger partial charge >= 0.3 is 0 Å². The minimum atomic E-state index is -0.100. The number of nitrogens with one attached hydrogen (secondary N) is 1. The van der Waals surface area contributed by atoms with E-state index in [1.165, 1.54) is 0 Å². The van der Waals surface area contributed by atoms with Crippen molar-refractivity contribution in [3.8, 4) is 0 Å². The fourth-order valence-electron chi connectivity index (χ4n) is 3.72. The van der Waals surface area contributed by atoms with Crippen LogP contribution in [-0.2, 0) is 19.0 Å². The lowest BCUT2D eigenvalue weighted by Crippen LogP contribution is -2.42. The van der Waals surface area contributed by atoms with Crippen LogP contribution >= 0.6 is 15.9 Å². The zero-order chi connectivity index (χ0) is 17.5. The molecule has 2 aliphatic carbocycles. The molecule has 1 amide bonds. The van der Waals surface area contributed by atoms with E-state index in [0.29, 0.717) is 0 Å². The van der Waals surface area contributed by atoms with Crippen molar-refractivity contribution in [2.75, 3.05) is 21.3 Å². The first kappa shape index (κ1) is 19.8. The Balaban J connectivity index is 1.87. The van der Waals surface area contributed by atoms with E-state index >= 15 is 0 Å². The van der Waals surface area contributed by atoms with E-state index in [4.69, 9.17) is 14.2 Å². The fourth-order valence-corrected chi connectivity index (χ4v) is 4.45. The average molecular weight is 405 g/mol. The smallest absolute Gasteiger partial charge is 0.245 e. The number of halogens is 1. The first-order chi connectivity index (χ1) is 11.6. The number of nitrogens with zero attached hydrogens (tertiary/aromatic N) is 1. The molecule has 0 heterocycles. The molecule has 6 nitrogen and oxygen atoms in total. The summed E-state index contributed by atoms with van der Waals surface area (Å²) in [7, 11) is 5.09. The third-order valence-corrected chi connectivity index (χ3v) is 6.28. The number of hydrogen-bond donors (Lipinski definition) is 1. The van der Waals surface area contributed by atoms with Crippen molar-refractivity contribution in [1.29, 1.82) is 0 Å². The van der Waals surface area contributed by atoms with Crippen molar-refractivity contribution in [1.82, 2.24) is 5.43 Å². The Morgan fingerprint density at radius 3 is 2.33 bits per heavy atom. The molecule has 7 heteroatoms. The van der Waals surface area contributed by atoms with Gasteiger partial charge in [-0.1, -0.05) is 28.8 Å². The van der Waals surface area contributed by atoms with Gasteiger partial charge in [-0.25, -0.2) is 5.43 Å². The van der Waals surface area contributed by atoms with Crippen LogP contribution in [0.15, 0.2) is 5.10 Å². The van der Waals surface area contributed by atoms with E-state index in [-0.39, 0.29) is 40.9 Å². The minimum Gasteiger partial charge on any atom is -0.381 e. The maximum atomic E-state index is 12.3. The van der Waals surface area contributed by atoms with Crippen molar-refractivity contribution in [3.63, 3.8) is 0 Å². The molecule has 1 N–H and O–H groups in total. The van der Waals surface area contributed by atoms with Crippen LogP contribution in [0.2, 0.25) is 0 Å². The second kappa shape index (κ2) is 9.85. The highest BCUT2D eigenvalue weighted by atomic mass is 79.9. The number of carbonyl (C=O) groups excluding carboxylic acids is 1. The van der Waals surface area contributed by atoms with Gasteiger partial charge in [0, 0.05) is 38.3 Å². The Labute approximate surface area is 152 Å². The number of methoxy groups -OCH3 is 3. The third-order valence-electron chi connectivity index (χ3n) is 5.23. The Morgan fingerprint density at radius 1 is 1.04 bits per heavy atom. The maximum Gasteiger partial charge on any atom is 0.245 e. The molecule has 2 saturated carbocycles. The highest BCUT2D eigenvalue weighted by molar-refractivity contribution is 9.09. The monoisotopic (exact) mass is 404 g/mol. The molecule has 0 saturated heterocycles. The van der Waals surface area contributed by atoms with Crippen LogP contribution in [0.25, 0.3) is 0 Å². The first-order valence-corrected chi connectivity index (χ1v) is 9.57. The van der Waals surface area contributed by atoms with Gasteiger partial charge < -0.3 is 14.2 Å². The molecular formula is C17H29BrN2O4. The first-order valence-electron chi connectivity index (χ1n) is 8.66. The van der Waals surface area contributed by atoms with Gasteiger partial charge in [0.25, 0.3) is 0 Å². The molecule has 2 rings (SSSR count). The molecule has 24 heavy (non-hydrogen) atoms. The number of alkyl halides is 1. The van der Waals surface area contributed by atoms with E-state index in [2.05, 4.69) is 26.5 Å². The van der Waals surface area contributed by atoms with Gasteiger partial charge in [-0.2, -0.15) is 5.10 Å². The van der Waals surface area contributed by atoms with E-state index in [0.717, 1.165) is 38.5 Å². The third kappa shape index (κ3) is 5.00. The van der Waals surface area contributed by atoms with Gasteiger partial charge in [-0.15, -0.1) is 0 Å². The highest BCUT2D eigenvalue weighted by Gasteiger charge is 2.36. The van der Waals surface area contributed by atoms with Crippen LogP contribution in [0.3, 0.4) is 0 Å². The second-order valence-electron chi connectivity index (χ2n) is 6.62. The van der Waals surface area contributed by atoms with E-state index in [9.17, 15) is 4.79 Å². The van der Waals surface area contributed by atoms with Crippen LogP contribution in [0, 0.1) is 11.8 Å². The quantitative estimate of drug-likeness (QED) is 0.419. The normalized spacial score (nSPS) is 37.5. The predicted molar refractivity (Wildman–Crippen MR) is 96.4 cm³/mol. The number of carbonyl (C=O) groups is 1. The maximum absolute atomic E-state index is 12.3. The summed E-state index contributed by atoms with van der Waals surface area (Å²) < 4.78 is 16.4. The van der Waals surface area contributed by atoms with Gasteiger partial charge in [0.15, 0.2) is 0 Å². The summed E-state index contributed by atoms with van der Waals surface area (Å²) in [6.07, 6.45) is 7.63. The topological polar surface area (TPSA) is 69.2 Å². The highest BCUT2D eigenvalue weighted by Crippen LogP contribution is 2.32. The summed E-state index contributed by atoms with van der Waals surface area (Å²) in [5.74, 6) is 0.0561. The molecule has 0 aliphatic heterocycles. The molecule has 6 atom stereocenters. The van der Waals surface area contributed by atoms with Crippen molar-refractivity contribution < 1.29 is 19.0 Å². The lowest BCUT2D eigenvalue weighted by molar-refractivity contribution is -0.131. The zero-order valence-electron chi connectivity index (χ0n) is 14.7. The SMILES string of the molecule is COC1CC(Br)C(/C=N/NC(=O)C2CCCCC2OC)CC1OC. The standard InChI is InChI=1S/C17H29BrN2O4/c1-22-14-7-5-4-6-12(14)17(21)20-19-10-11-8-15(23-2)16(24-3)9-13(11)18/h10-16H,4-9H2,1-3H3,(H,20,21)/b19-10+. The van der Waals surface area contributed by atoms with Crippen molar-refractivity contribution >= 4 is 28.1 Å². The van der Waals surface area contributed by atoms with Crippen LogP contribution in [-0.4, -0.2) is 56.6 Å². The lowest BCUT2D eigenvalue weighted by atomic mass is 9.85. The molecule has 0 radical (unpaired) electrons. The van der Waals surface area contributed by atoms with Crippen molar-refractivity contribution in [2.24, 2.45) is 16.9 Å². The molecule has 0 aromatic rings. The molecular weight excluding hydrogens is 376 g/mol. The van der Waals surface area contributed by atoms with Gasteiger partial charge in [0.05, 0.1) is 24.2 Å². The molecule has 2 aliphatic rings. The van der Waals surface area contributed by atoms with Crippen LogP contribution < -0.4 is 5.43 Å². The summed E-state index contributed by atoms with van der Waals surface area (Å²) >= 11 is 3.70. The van der Waals surface area contributed by atoms with Crippen LogP contribution in [0.4, 0.5) is 0 Å². The average Bonchev–Trinajstić information content (AvgIpc) is 2.62. The van der Waals surface area contributed by atoms with Crippen LogP contribution in [0.5, 0.6) is 0 Å². The number of ether oxygens (including phenoxy) is 3. The Hall–Kier alpha value is -0.500. The summed E-state index contributed by atoms with van der Waals surface area (Å²) in [5.41, 5.74) is 2.70. The second-order valence-corrected chi connectivity index (χ2v) is 7.80. The summed E-state index contributed by atoms with van der Waals surface area (Å²) in [5, 5.41) is 4.20. The lowest BCUT2D eigenvalue weighted by Gasteiger charge is -2.36. The van der Waals surface area contributed by atoms with Gasteiger partial charge in [-0.3, -0.25) is 4.79 Å². The fraction of sp³-hybridized carbons (Fsp3) is 0.882. The summed E-state index contributed by atoms with van der Waals surface area (Å²) in [4.78, 5) is 12.6. The van der Waals surface area contributed by atoms with Gasteiger partial charge in [0.2, 0.25) is 5.91 Å². The summed E-state index contributed by atoms with van der Waals surface area (Å²) in [6.45, 7) is 0. The predicted octanol–water partition coefficient (Wildman–Crippen LogP) is 2.50. The summed E-state index contributed by atoms with van der Waals surface area (Å²) in [6, 6.07) is 0. The van der Waals surface area contributed by atoms with Gasteiger partial charge in [0.1, 0.15) is 0 Å². The molecule has 0 aromatic carbocycles. The van der Waals surface area contributed by atoms with Gasteiger partial charge in [-0.05, 0) is 25.7 Å². The van der Waals surface area contributed by atoms with Crippen molar-refractivity contribution in [3.05, 3.63) is 0 Å².